The Balaban J connectivity index is 1.92. The molecule has 1 aliphatic rings. The summed E-state index contributed by atoms with van der Waals surface area (Å²) in [6, 6.07) is 0. The van der Waals surface area contributed by atoms with Crippen molar-refractivity contribution in [3.05, 3.63) is 0 Å². The molecule has 0 aromatic heterocycles. The highest BCUT2D eigenvalue weighted by Crippen LogP contribution is 2.30. The molecule has 2 atom stereocenters. The highest BCUT2D eigenvalue weighted by molar-refractivity contribution is 5.96. The first-order valence-electron chi connectivity index (χ1n) is 9.96. The van der Waals surface area contributed by atoms with Gasteiger partial charge in [-0.3, -0.25) is 9.59 Å². The second-order valence-electron chi connectivity index (χ2n) is 7.04. The number of unbranched alkanes of at least 4 members (excludes halogenated alkanes) is 11. The summed E-state index contributed by atoms with van der Waals surface area (Å²) in [7, 11) is 0. The van der Waals surface area contributed by atoms with Crippen molar-refractivity contribution >= 4 is 11.9 Å². The van der Waals surface area contributed by atoms with Crippen molar-refractivity contribution in [2.45, 2.75) is 104 Å². The fraction of sp³-hybridized carbons (Fsp3) is 0.900. The van der Waals surface area contributed by atoms with E-state index in [1.807, 2.05) is 6.92 Å². The highest BCUT2D eigenvalue weighted by Gasteiger charge is 2.42. The Bertz CT molecular complexity index is 338. The molecule has 23 heavy (non-hydrogen) atoms. The molecule has 0 amide bonds. The van der Waals surface area contributed by atoms with Gasteiger partial charge in [-0.1, -0.05) is 90.9 Å². The molecule has 1 aliphatic heterocycles. The lowest BCUT2D eigenvalue weighted by Crippen LogP contribution is -2.16. The second-order valence-corrected chi connectivity index (χ2v) is 7.04. The Morgan fingerprint density at radius 1 is 0.652 bits per heavy atom. The first-order valence-corrected chi connectivity index (χ1v) is 9.96. The molecule has 0 N–H and O–H groups in total. The molecule has 1 fully saturated rings. The maximum atomic E-state index is 11.6. The van der Waals surface area contributed by atoms with E-state index in [9.17, 15) is 9.59 Å². The quantitative estimate of drug-likeness (QED) is 0.230. The molecule has 1 rings (SSSR count). The van der Waals surface area contributed by atoms with Gasteiger partial charge >= 0.3 is 11.9 Å². The molecule has 0 spiro atoms. The van der Waals surface area contributed by atoms with E-state index in [0.29, 0.717) is 6.42 Å². The summed E-state index contributed by atoms with van der Waals surface area (Å²) in [6.07, 6.45) is 17.3. The van der Waals surface area contributed by atoms with Crippen LogP contribution in [0.15, 0.2) is 0 Å². The van der Waals surface area contributed by atoms with E-state index in [-0.39, 0.29) is 23.8 Å². The summed E-state index contributed by atoms with van der Waals surface area (Å²) < 4.78 is 4.76. The molecule has 1 saturated heterocycles. The number of esters is 2. The zero-order valence-corrected chi connectivity index (χ0v) is 15.3. The van der Waals surface area contributed by atoms with E-state index in [0.717, 1.165) is 12.8 Å². The SMILES string of the molecule is CCCCCCCCCCCCCCC1C(=O)OC(=O)C1CC. The lowest BCUT2D eigenvalue weighted by atomic mass is 9.88. The van der Waals surface area contributed by atoms with Gasteiger partial charge in [-0.25, -0.2) is 0 Å². The Labute approximate surface area is 142 Å². The van der Waals surface area contributed by atoms with Gasteiger partial charge in [-0.05, 0) is 12.8 Å². The molecule has 0 aromatic carbocycles. The van der Waals surface area contributed by atoms with E-state index in [2.05, 4.69) is 6.92 Å². The largest absolute Gasteiger partial charge is 0.393 e. The first kappa shape index (κ1) is 20.2. The van der Waals surface area contributed by atoms with Gasteiger partial charge < -0.3 is 4.74 Å². The maximum absolute atomic E-state index is 11.6. The fourth-order valence-electron chi connectivity index (χ4n) is 3.55. The molecule has 0 saturated carbocycles. The zero-order chi connectivity index (χ0) is 16.9. The van der Waals surface area contributed by atoms with Crippen LogP contribution in [0, 0.1) is 11.8 Å². The Hall–Kier alpha value is -0.860. The summed E-state index contributed by atoms with van der Waals surface area (Å²) in [5, 5.41) is 0. The Morgan fingerprint density at radius 3 is 1.57 bits per heavy atom. The molecule has 134 valence electrons. The predicted molar refractivity (Wildman–Crippen MR) is 94.1 cm³/mol. The molecule has 0 aromatic rings. The summed E-state index contributed by atoms with van der Waals surface area (Å²) >= 11 is 0. The minimum atomic E-state index is -0.304. The van der Waals surface area contributed by atoms with Crippen LogP contribution >= 0.6 is 0 Å². The zero-order valence-electron chi connectivity index (χ0n) is 15.3. The molecular formula is C20H36O3. The van der Waals surface area contributed by atoms with Crippen LogP contribution in [-0.4, -0.2) is 11.9 Å². The number of carbonyl (C=O) groups is 2. The van der Waals surface area contributed by atoms with Crippen molar-refractivity contribution in [1.82, 2.24) is 0 Å². The molecule has 3 nitrogen and oxygen atoms in total. The average molecular weight is 325 g/mol. The summed E-state index contributed by atoms with van der Waals surface area (Å²) in [6.45, 7) is 4.22. The predicted octanol–water partition coefficient (Wildman–Crippen LogP) is 5.80. The first-order chi connectivity index (χ1) is 11.2. The number of ether oxygens (including phenoxy) is 1. The van der Waals surface area contributed by atoms with Crippen LogP contribution in [0.4, 0.5) is 0 Å². The van der Waals surface area contributed by atoms with Crippen LogP contribution in [0.1, 0.15) is 104 Å². The third-order valence-corrected chi connectivity index (χ3v) is 5.10. The van der Waals surface area contributed by atoms with E-state index in [1.165, 1.54) is 70.6 Å². The van der Waals surface area contributed by atoms with Crippen molar-refractivity contribution in [3.63, 3.8) is 0 Å². The Kier molecular flexibility index (Phi) is 11.0. The van der Waals surface area contributed by atoms with Crippen molar-refractivity contribution in [2.75, 3.05) is 0 Å². The summed E-state index contributed by atoms with van der Waals surface area (Å²) in [5.41, 5.74) is 0. The third-order valence-electron chi connectivity index (χ3n) is 5.10. The minimum absolute atomic E-state index is 0.171. The third kappa shape index (κ3) is 7.99. The standard InChI is InChI=1S/C20H36O3/c1-3-5-6-7-8-9-10-11-12-13-14-15-16-18-17(4-2)19(21)23-20(18)22/h17-18H,3-16H2,1-2H3. The van der Waals surface area contributed by atoms with Crippen LogP contribution in [0.3, 0.4) is 0 Å². The lowest BCUT2D eigenvalue weighted by Gasteiger charge is -2.11. The average Bonchev–Trinajstić information content (AvgIpc) is 2.81. The highest BCUT2D eigenvalue weighted by atomic mass is 16.6. The number of cyclic esters (lactones) is 2. The number of carbonyl (C=O) groups excluding carboxylic acids is 2. The molecule has 1 heterocycles. The van der Waals surface area contributed by atoms with Crippen LogP contribution in [0.5, 0.6) is 0 Å². The molecular weight excluding hydrogens is 288 g/mol. The van der Waals surface area contributed by atoms with E-state index in [1.54, 1.807) is 0 Å². The van der Waals surface area contributed by atoms with Crippen molar-refractivity contribution in [3.8, 4) is 0 Å². The van der Waals surface area contributed by atoms with Gasteiger partial charge in [0.25, 0.3) is 0 Å². The maximum Gasteiger partial charge on any atom is 0.317 e. The van der Waals surface area contributed by atoms with Crippen LogP contribution in [-0.2, 0) is 14.3 Å². The molecule has 3 heteroatoms. The normalized spacial score (nSPS) is 21.0. The number of hydrogen-bond donors (Lipinski definition) is 0. The van der Waals surface area contributed by atoms with Crippen molar-refractivity contribution in [1.29, 1.82) is 0 Å². The molecule has 0 aliphatic carbocycles. The van der Waals surface area contributed by atoms with Crippen molar-refractivity contribution in [2.24, 2.45) is 11.8 Å². The topological polar surface area (TPSA) is 43.4 Å². The number of rotatable bonds is 14. The van der Waals surface area contributed by atoms with Gasteiger partial charge in [0.1, 0.15) is 0 Å². The van der Waals surface area contributed by atoms with Gasteiger partial charge in [0.2, 0.25) is 0 Å². The second kappa shape index (κ2) is 12.5. The van der Waals surface area contributed by atoms with Gasteiger partial charge in [0.15, 0.2) is 0 Å². The van der Waals surface area contributed by atoms with Gasteiger partial charge in [-0.2, -0.15) is 0 Å². The van der Waals surface area contributed by atoms with Crippen LogP contribution < -0.4 is 0 Å². The van der Waals surface area contributed by atoms with Gasteiger partial charge in [0, 0.05) is 0 Å². The van der Waals surface area contributed by atoms with Crippen LogP contribution in [0.25, 0.3) is 0 Å². The van der Waals surface area contributed by atoms with E-state index < -0.39 is 0 Å². The molecule has 0 bridgehead atoms. The van der Waals surface area contributed by atoms with Gasteiger partial charge in [0.05, 0.1) is 11.8 Å². The van der Waals surface area contributed by atoms with E-state index >= 15 is 0 Å². The minimum Gasteiger partial charge on any atom is -0.393 e. The fourth-order valence-corrected chi connectivity index (χ4v) is 3.55. The number of hydrogen-bond acceptors (Lipinski definition) is 3. The summed E-state index contributed by atoms with van der Waals surface area (Å²) in [5.74, 6) is -0.947. The van der Waals surface area contributed by atoms with E-state index in [4.69, 9.17) is 4.74 Å². The summed E-state index contributed by atoms with van der Waals surface area (Å²) in [4.78, 5) is 23.1. The van der Waals surface area contributed by atoms with Crippen LogP contribution in [0.2, 0.25) is 0 Å². The van der Waals surface area contributed by atoms with Gasteiger partial charge in [-0.15, -0.1) is 0 Å². The van der Waals surface area contributed by atoms with Crippen molar-refractivity contribution < 1.29 is 14.3 Å². The monoisotopic (exact) mass is 324 g/mol. The molecule has 0 radical (unpaired) electrons. The molecule has 2 unspecified atom stereocenters. The smallest absolute Gasteiger partial charge is 0.317 e. The Morgan fingerprint density at radius 2 is 1.09 bits per heavy atom. The lowest BCUT2D eigenvalue weighted by molar-refractivity contribution is -0.153.